The number of nitrogens with two attached hydrogens (primary N) is 1. The maximum absolute atomic E-state index is 12.6. The number of halogens is 1. The van der Waals surface area contributed by atoms with Crippen LogP contribution >= 0.6 is 11.6 Å². The lowest BCUT2D eigenvalue weighted by molar-refractivity contribution is -0.132. The van der Waals surface area contributed by atoms with E-state index in [2.05, 4.69) is 22.2 Å². The van der Waals surface area contributed by atoms with E-state index in [0.29, 0.717) is 36.8 Å². The van der Waals surface area contributed by atoms with E-state index in [1.165, 1.54) is 6.20 Å². The molecule has 4 N–H and O–H groups in total. The molecule has 0 bridgehead atoms. The normalized spacial score (nSPS) is 16.3. The van der Waals surface area contributed by atoms with Crippen molar-refractivity contribution >= 4 is 35.4 Å². The van der Waals surface area contributed by atoms with Crippen LogP contribution < -0.4 is 16.4 Å². The van der Waals surface area contributed by atoms with Crippen molar-refractivity contribution in [2.75, 3.05) is 38.5 Å². The molecule has 1 aliphatic rings. The lowest BCUT2D eigenvalue weighted by atomic mass is 10.0. The lowest BCUT2D eigenvalue weighted by Crippen LogP contribution is -2.52. The molecule has 0 unspecified atom stereocenters. The zero-order valence-corrected chi connectivity index (χ0v) is 19.6. The molecular weight excluding hydrogens is 428 g/mol. The first-order valence-corrected chi connectivity index (χ1v) is 11.1. The molecule has 1 fully saturated rings. The topological polar surface area (TPSA) is 103 Å². The van der Waals surface area contributed by atoms with E-state index in [1.807, 2.05) is 24.0 Å². The number of hydrogen-bond donors (Lipinski definition) is 3. The van der Waals surface area contributed by atoms with Crippen LogP contribution in [0.1, 0.15) is 24.8 Å². The summed E-state index contributed by atoms with van der Waals surface area (Å²) in [6.07, 6.45) is 6.66. The number of carbonyl (C=O) groups is 2. The number of aliphatic imine (C=N–C) groups is 1. The van der Waals surface area contributed by atoms with Gasteiger partial charge in [0.15, 0.2) is 0 Å². The predicted molar refractivity (Wildman–Crippen MR) is 131 cm³/mol. The standard InChI is InChI=1S/C23H33ClN6O2/c1-17-14-19(24)7-8-21(17)28-18(2)15-27-23(32)29(3)20-6-4-13-30(16-20)22(31)9-12-26-11-5-10-25/h5,7-8,10-11,14,20,28H,2,4,6,9,12-13,15-16,25H2,1,3H3,(H,27,32)/b10-5-,26-11?/t20-/m1/s1. The highest BCUT2D eigenvalue weighted by Crippen LogP contribution is 2.20. The number of likely N-dealkylation sites (N-methyl/N-ethyl adjacent to an activating group) is 1. The van der Waals surface area contributed by atoms with Crippen molar-refractivity contribution in [3.63, 3.8) is 0 Å². The van der Waals surface area contributed by atoms with Gasteiger partial charge in [-0.2, -0.15) is 0 Å². The number of likely N-dealkylation sites (tertiary alicyclic amines) is 1. The van der Waals surface area contributed by atoms with Gasteiger partial charge >= 0.3 is 6.03 Å². The Balaban J connectivity index is 1.79. The molecule has 1 aromatic carbocycles. The van der Waals surface area contributed by atoms with Gasteiger partial charge < -0.3 is 26.2 Å². The van der Waals surface area contributed by atoms with Gasteiger partial charge in [0.25, 0.3) is 0 Å². The van der Waals surface area contributed by atoms with E-state index in [1.54, 1.807) is 30.3 Å². The van der Waals surface area contributed by atoms with E-state index < -0.39 is 0 Å². The maximum Gasteiger partial charge on any atom is 0.317 e. The van der Waals surface area contributed by atoms with Crippen molar-refractivity contribution in [1.82, 2.24) is 15.1 Å². The number of nitrogens with zero attached hydrogens (tertiary/aromatic N) is 3. The summed E-state index contributed by atoms with van der Waals surface area (Å²) in [4.78, 5) is 32.7. The summed E-state index contributed by atoms with van der Waals surface area (Å²) in [7, 11) is 1.76. The summed E-state index contributed by atoms with van der Waals surface area (Å²) in [6.45, 7) is 7.88. The summed E-state index contributed by atoms with van der Waals surface area (Å²) in [5, 5.41) is 6.76. The molecule has 2 rings (SSSR count). The highest BCUT2D eigenvalue weighted by Gasteiger charge is 2.28. The van der Waals surface area contributed by atoms with E-state index in [-0.39, 0.29) is 24.5 Å². The van der Waals surface area contributed by atoms with Gasteiger partial charge in [-0.15, -0.1) is 0 Å². The highest BCUT2D eigenvalue weighted by atomic mass is 35.5. The van der Waals surface area contributed by atoms with Crippen molar-refractivity contribution in [3.05, 3.63) is 53.3 Å². The van der Waals surface area contributed by atoms with E-state index >= 15 is 0 Å². The average Bonchev–Trinajstić information content (AvgIpc) is 2.78. The summed E-state index contributed by atoms with van der Waals surface area (Å²) in [5.41, 5.74) is 7.80. The fraction of sp³-hybridized carbons (Fsp3) is 0.435. The van der Waals surface area contributed by atoms with Crippen LogP contribution in [0.5, 0.6) is 0 Å². The van der Waals surface area contributed by atoms with Crippen molar-refractivity contribution in [3.8, 4) is 0 Å². The minimum atomic E-state index is -0.196. The second-order valence-electron chi connectivity index (χ2n) is 7.78. The second kappa shape index (κ2) is 12.8. The van der Waals surface area contributed by atoms with Crippen molar-refractivity contribution in [2.24, 2.45) is 10.7 Å². The fourth-order valence-electron chi connectivity index (χ4n) is 3.48. The first-order valence-electron chi connectivity index (χ1n) is 10.7. The quantitative estimate of drug-likeness (QED) is 0.492. The number of allylic oxidation sites excluding steroid dienone is 1. The molecule has 3 amide bonds. The zero-order chi connectivity index (χ0) is 23.5. The minimum absolute atomic E-state index is 0.0314. The Kier molecular flexibility index (Phi) is 10.1. The Morgan fingerprint density at radius 3 is 2.94 bits per heavy atom. The highest BCUT2D eigenvalue weighted by molar-refractivity contribution is 6.30. The molecule has 0 spiro atoms. The number of benzene rings is 1. The van der Waals surface area contributed by atoms with Crippen LogP contribution in [-0.4, -0.2) is 67.2 Å². The molecule has 1 aliphatic heterocycles. The van der Waals surface area contributed by atoms with Crippen LogP contribution in [0.2, 0.25) is 5.02 Å². The molecule has 1 saturated heterocycles. The van der Waals surface area contributed by atoms with Crippen molar-refractivity contribution < 1.29 is 9.59 Å². The van der Waals surface area contributed by atoms with Crippen molar-refractivity contribution in [1.29, 1.82) is 0 Å². The number of nitrogens with one attached hydrogen (secondary N) is 2. The molecule has 8 nitrogen and oxygen atoms in total. The number of urea groups is 1. The predicted octanol–water partition coefficient (Wildman–Crippen LogP) is 3.14. The Bertz CT molecular complexity index is 870. The molecule has 0 saturated carbocycles. The van der Waals surface area contributed by atoms with Crippen LogP contribution in [0.3, 0.4) is 0 Å². The lowest BCUT2D eigenvalue weighted by Gasteiger charge is -2.37. The number of hydrogen-bond acceptors (Lipinski definition) is 5. The molecule has 1 heterocycles. The van der Waals surface area contributed by atoms with Gasteiger partial charge in [-0.3, -0.25) is 9.79 Å². The number of aryl methyl sites for hydroxylation is 1. The van der Waals surface area contributed by atoms with Crippen LogP contribution in [0.4, 0.5) is 10.5 Å². The van der Waals surface area contributed by atoms with Crippen LogP contribution in [0.25, 0.3) is 0 Å². The van der Waals surface area contributed by atoms with Gasteiger partial charge in [0.2, 0.25) is 5.91 Å². The first kappa shape index (κ1) is 25.3. The summed E-state index contributed by atoms with van der Waals surface area (Å²) in [6, 6.07) is 5.32. The SMILES string of the molecule is C=C(CNC(=O)N(C)[C@@H]1CCCN(C(=O)CCN=C/C=C\N)C1)Nc1ccc(Cl)cc1C. The molecule has 1 aromatic rings. The molecule has 32 heavy (non-hydrogen) atoms. The molecule has 1 atom stereocenters. The van der Waals surface area contributed by atoms with Gasteiger partial charge in [-0.1, -0.05) is 18.2 Å². The second-order valence-corrected chi connectivity index (χ2v) is 8.22. The summed E-state index contributed by atoms with van der Waals surface area (Å²) >= 11 is 5.99. The minimum Gasteiger partial charge on any atom is -0.405 e. The monoisotopic (exact) mass is 460 g/mol. The number of anilines is 1. The molecular formula is C23H33ClN6O2. The number of rotatable bonds is 9. The molecule has 0 radical (unpaired) electrons. The molecule has 0 aliphatic carbocycles. The van der Waals surface area contributed by atoms with Gasteiger partial charge in [0.1, 0.15) is 0 Å². The third-order valence-corrected chi connectivity index (χ3v) is 5.56. The smallest absolute Gasteiger partial charge is 0.317 e. The third-order valence-electron chi connectivity index (χ3n) is 5.33. The number of piperidine rings is 1. The number of amides is 3. The molecule has 9 heteroatoms. The zero-order valence-electron chi connectivity index (χ0n) is 18.8. The molecule has 0 aromatic heterocycles. The van der Waals surface area contributed by atoms with Gasteiger partial charge in [0, 0.05) is 55.7 Å². The van der Waals surface area contributed by atoms with Gasteiger partial charge in [-0.25, -0.2) is 4.79 Å². The Hall–Kier alpha value is -3.00. The van der Waals surface area contributed by atoms with E-state index in [0.717, 1.165) is 24.1 Å². The van der Waals surface area contributed by atoms with E-state index in [4.69, 9.17) is 17.3 Å². The van der Waals surface area contributed by atoms with Crippen LogP contribution in [-0.2, 0) is 4.79 Å². The van der Waals surface area contributed by atoms with Crippen LogP contribution in [0.15, 0.2) is 47.7 Å². The molecule has 174 valence electrons. The number of carbonyl (C=O) groups excluding carboxylic acids is 2. The summed E-state index contributed by atoms with van der Waals surface area (Å²) < 4.78 is 0. The Morgan fingerprint density at radius 1 is 1.44 bits per heavy atom. The first-order chi connectivity index (χ1) is 15.3. The fourth-order valence-corrected chi connectivity index (χ4v) is 3.70. The Morgan fingerprint density at radius 2 is 2.22 bits per heavy atom. The van der Waals surface area contributed by atoms with Gasteiger partial charge in [0.05, 0.1) is 12.6 Å². The summed E-state index contributed by atoms with van der Waals surface area (Å²) in [5.74, 6) is 0.0494. The van der Waals surface area contributed by atoms with E-state index in [9.17, 15) is 9.59 Å². The average molecular weight is 461 g/mol. The Labute approximate surface area is 195 Å². The maximum atomic E-state index is 12.6. The van der Waals surface area contributed by atoms with Crippen LogP contribution in [0, 0.1) is 6.92 Å². The third kappa shape index (κ3) is 7.92. The van der Waals surface area contributed by atoms with Crippen molar-refractivity contribution in [2.45, 2.75) is 32.2 Å². The largest absolute Gasteiger partial charge is 0.405 e. The van der Waals surface area contributed by atoms with Gasteiger partial charge in [-0.05, 0) is 55.8 Å².